The number of hydrogen-bond acceptors (Lipinski definition) is 6. The fourth-order valence-electron chi connectivity index (χ4n) is 2.97. The van der Waals surface area contributed by atoms with Crippen LogP contribution in [0.25, 0.3) is 11.3 Å². The first kappa shape index (κ1) is 18.5. The molecule has 0 atom stereocenters. The number of pyridine rings is 1. The second kappa shape index (κ2) is 8.41. The molecule has 1 fully saturated rings. The Morgan fingerprint density at radius 3 is 2.86 bits per heavy atom. The third kappa shape index (κ3) is 4.32. The Labute approximate surface area is 167 Å². The lowest BCUT2D eigenvalue weighted by atomic mass is 10.1. The molecule has 2 aromatic heterocycles. The number of carbonyl (C=O) groups excluding carboxylic acids is 1. The summed E-state index contributed by atoms with van der Waals surface area (Å²) in [7, 11) is 0. The standard InChI is InChI=1S/C20H19ClN4O3/c21-16-3-1-2-15(11-16)18-12-17(24-28-18)20(26)23-13-14-4-5-22-19(10-14)25-6-8-27-9-7-25/h1-5,10-12H,6-9,13H2,(H,23,26). The van der Waals surface area contributed by atoms with Crippen molar-refractivity contribution in [1.82, 2.24) is 15.5 Å². The quantitative estimate of drug-likeness (QED) is 0.711. The zero-order valence-electron chi connectivity index (χ0n) is 15.1. The van der Waals surface area contributed by atoms with Gasteiger partial charge in [-0.3, -0.25) is 4.79 Å². The number of ether oxygens (including phenoxy) is 1. The molecule has 0 unspecified atom stereocenters. The Balaban J connectivity index is 1.39. The first-order chi connectivity index (χ1) is 13.7. The number of halogens is 1. The number of aromatic nitrogens is 2. The van der Waals surface area contributed by atoms with Crippen molar-refractivity contribution in [3.8, 4) is 11.3 Å². The number of morpholine rings is 1. The summed E-state index contributed by atoms with van der Waals surface area (Å²) in [5, 5.41) is 7.32. The molecule has 144 valence electrons. The van der Waals surface area contributed by atoms with Crippen molar-refractivity contribution >= 4 is 23.3 Å². The van der Waals surface area contributed by atoms with E-state index in [1.54, 1.807) is 24.4 Å². The van der Waals surface area contributed by atoms with Crippen molar-refractivity contribution < 1.29 is 14.1 Å². The zero-order valence-corrected chi connectivity index (χ0v) is 15.9. The second-order valence-corrected chi connectivity index (χ2v) is 6.83. The predicted octanol–water partition coefficient (Wildman–Crippen LogP) is 3.16. The van der Waals surface area contributed by atoms with Crippen LogP contribution in [-0.4, -0.2) is 42.4 Å². The largest absolute Gasteiger partial charge is 0.378 e. The van der Waals surface area contributed by atoms with Crippen LogP contribution in [0, 0.1) is 0 Å². The van der Waals surface area contributed by atoms with Crippen molar-refractivity contribution in [2.75, 3.05) is 31.2 Å². The van der Waals surface area contributed by atoms with Crippen LogP contribution in [0.2, 0.25) is 5.02 Å². The molecule has 1 amide bonds. The van der Waals surface area contributed by atoms with Gasteiger partial charge in [0.1, 0.15) is 5.82 Å². The molecule has 8 heteroatoms. The molecule has 0 aliphatic carbocycles. The number of amides is 1. The number of benzene rings is 1. The molecule has 1 N–H and O–H groups in total. The van der Waals surface area contributed by atoms with Crippen LogP contribution in [0.15, 0.2) is 53.2 Å². The first-order valence-electron chi connectivity index (χ1n) is 8.97. The second-order valence-electron chi connectivity index (χ2n) is 6.39. The monoisotopic (exact) mass is 398 g/mol. The lowest BCUT2D eigenvalue weighted by molar-refractivity contribution is 0.0942. The van der Waals surface area contributed by atoms with Gasteiger partial charge < -0.3 is 19.5 Å². The molecule has 3 aromatic rings. The molecule has 28 heavy (non-hydrogen) atoms. The molecule has 1 aromatic carbocycles. The summed E-state index contributed by atoms with van der Waals surface area (Å²) in [5.74, 6) is 1.08. The van der Waals surface area contributed by atoms with Gasteiger partial charge in [-0.1, -0.05) is 28.9 Å². The Morgan fingerprint density at radius 2 is 2.04 bits per heavy atom. The minimum Gasteiger partial charge on any atom is -0.378 e. The van der Waals surface area contributed by atoms with Gasteiger partial charge in [-0.15, -0.1) is 0 Å². The van der Waals surface area contributed by atoms with Gasteiger partial charge in [0, 0.05) is 42.5 Å². The Kier molecular flexibility index (Phi) is 5.55. The van der Waals surface area contributed by atoms with Crippen molar-refractivity contribution in [3.05, 3.63) is 64.9 Å². The third-order valence-electron chi connectivity index (χ3n) is 4.45. The highest BCUT2D eigenvalue weighted by atomic mass is 35.5. The van der Waals surface area contributed by atoms with Gasteiger partial charge in [0.2, 0.25) is 0 Å². The van der Waals surface area contributed by atoms with Gasteiger partial charge in [-0.25, -0.2) is 4.98 Å². The van der Waals surface area contributed by atoms with Crippen molar-refractivity contribution in [2.24, 2.45) is 0 Å². The van der Waals surface area contributed by atoms with Crippen LogP contribution in [-0.2, 0) is 11.3 Å². The maximum atomic E-state index is 12.4. The van der Waals surface area contributed by atoms with E-state index < -0.39 is 0 Å². The molecule has 1 aliphatic rings. The van der Waals surface area contributed by atoms with E-state index in [2.05, 4.69) is 20.4 Å². The van der Waals surface area contributed by atoms with Gasteiger partial charge in [-0.05, 0) is 29.8 Å². The van der Waals surface area contributed by atoms with E-state index in [-0.39, 0.29) is 11.6 Å². The van der Waals surface area contributed by atoms with E-state index in [0.29, 0.717) is 30.5 Å². The topological polar surface area (TPSA) is 80.5 Å². The summed E-state index contributed by atoms with van der Waals surface area (Å²) in [4.78, 5) is 19.0. The van der Waals surface area contributed by atoms with E-state index in [4.69, 9.17) is 20.9 Å². The van der Waals surface area contributed by atoms with Crippen molar-refractivity contribution in [1.29, 1.82) is 0 Å². The third-order valence-corrected chi connectivity index (χ3v) is 4.69. The molecule has 0 spiro atoms. The summed E-state index contributed by atoms with van der Waals surface area (Å²) >= 11 is 5.99. The predicted molar refractivity (Wildman–Crippen MR) is 105 cm³/mol. The SMILES string of the molecule is O=C(NCc1ccnc(N2CCOCC2)c1)c1cc(-c2cccc(Cl)c2)on1. The van der Waals surface area contributed by atoms with Crippen molar-refractivity contribution in [2.45, 2.75) is 6.54 Å². The van der Waals surface area contributed by atoms with E-state index >= 15 is 0 Å². The van der Waals surface area contributed by atoms with Gasteiger partial charge >= 0.3 is 0 Å². The Hall–Kier alpha value is -2.90. The summed E-state index contributed by atoms with van der Waals surface area (Å²) < 4.78 is 10.6. The summed E-state index contributed by atoms with van der Waals surface area (Å²) in [6, 6.07) is 12.7. The fraction of sp³-hybridized carbons (Fsp3) is 0.250. The van der Waals surface area contributed by atoms with Crippen LogP contribution >= 0.6 is 11.6 Å². The van der Waals surface area contributed by atoms with Crippen LogP contribution < -0.4 is 10.2 Å². The smallest absolute Gasteiger partial charge is 0.273 e. The summed E-state index contributed by atoms with van der Waals surface area (Å²) in [6.45, 7) is 3.40. The first-order valence-corrected chi connectivity index (χ1v) is 9.35. The Bertz CT molecular complexity index is 969. The minimum absolute atomic E-state index is 0.220. The molecular formula is C20H19ClN4O3. The minimum atomic E-state index is -0.304. The van der Waals surface area contributed by atoms with E-state index in [9.17, 15) is 4.79 Å². The number of carbonyl (C=O) groups is 1. The van der Waals surface area contributed by atoms with Crippen molar-refractivity contribution in [3.63, 3.8) is 0 Å². The highest BCUT2D eigenvalue weighted by Gasteiger charge is 2.15. The van der Waals surface area contributed by atoms with Gasteiger partial charge in [0.05, 0.1) is 13.2 Å². The van der Waals surface area contributed by atoms with Crippen LogP contribution in [0.1, 0.15) is 16.1 Å². The number of rotatable bonds is 5. The maximum Gasteiger partial charge on any atom is 0.273 e. The summed E-state index contributed by atoms with van der Waals surface area (Å²) in [5.41, 5.74) is 1.95. The van der Waals surface area contributed by atoms with Gasteiger partial charge in [0.25, 0.3) is 5.91 Å². The number of nitrogens with zero attached hydrogens (tertiary/aromatic N) is 3. The van der Waals surface area contributed by atoms with E-state index in [1.165, 1.54) is 0 Å². The highest BCUT2D eigenvalue weighted by Crippen LogP contribution is 2.23. The average molecular weight is 399 g/mol. The van der Waals surface area contributed by atoms with Gasteiger partial charge in [-0.2, -0.15) is 0 Å². The van der Waals surface area contributed by atoms with E-state index in [1.807, 2.05) is 24.3 Å². The van der Waals surface area contributed by atoms with Crippen LogP contribution in [0.3, 0.4) is 0 Å². The number of anilines is 1. The van der Waals surface area contributed by atoms with Gasteiger partial charge in [0.15, 0.2) is 11.5 Å². The molecular weight excluding hydrogens is 380 g/mol. The fourth-order valence-corrected chi connectivity index (χ4v) is 3.16. The van der Waals surface area contributed by atoms with Crippen LogP contribution in [0.5, 0.6) is 0 Å². The zero-order chi connectivity index (χ0) is 19.3. The normalized spacial score (nSPS) is 14.1. The average Bonchev–Trinajstić information content (AvgIpc) is 3.23. The Morgan fingerprint density at radius 1 is 1.18 bits per heavy atom. The molecule has 3 heterocycles. The number of hydrogen-bond donors (Lipinski definition) is 1. The summed E-state index contributed by atoms with van der Waals surface area (Å²) in [6.07, 6.45) is 1.75. The molecule has 0 bridgehead atoms. The van der Waals surface area contributed by atoms with E-state index in [0.717, 1.165) is 30.0 Å². The molecule has 1 aliphatic heterocycles. The molecule has 7 nitrogen and oxygen atoms in total. The molecule has 0 saturated carbocycles. The van der Waals surface area contributed by atoms with Crippen LogP contribution in [0.4, 0.5) is 5.82 Å². The molecule has 4 rings (SSSR count). The molecule has 1 saturated heterocycles. The molecule has 0 radical (unpaired) electrons. The lowest BCUT2D eigenvalue weighted by Crippen LogP contribution is -2.36. The number of nitrogens with one attached hydrogen (secondary N) is 1. The maximum absolute atomic E-state index is 12.4. The lowest BCUT2D eigenvalue weighted by Gasteiger charge is -2.28. The highest BCUT2D eigenvalue weighted by molar-refractivity contribution is 6.30.